The molecule has 0 aliphatic carbocycles. The fourth-order valence-corrected chi connectivity index (χ4v) is 2.71. The minimum absolute atomic E-state index is 0.0104. The molecule has 5 nitrogen and oxygen atoms in total. The molecule has 0 saturated heterocycles. The highest BCUT2D eigenvalue weighted by Gasteiger charge is 2.08. The van der Waals surface area contributed by atoms with Crippen LogP contribution in [0.5, 0.6) is 0 Å². The van der Waals surface area contributed by atoms with Crippen LogP contribution in [0.3, 0.4) is 0 Å². The second kappa shape index (κ2) is 5.49. The van der Waals surface area contributed by atoms with Crippen molar-refractivity contribution in [3.63, 3.8) is 0 Å². The summed E-state index contributed by atoms with van der Waals surface area (Å²) in [5, 5.41) is 6.24. The molecule has 6 heteroatoms. The summed E-state index contributed by atoms with van der Waals surface area (Å²) in [6.45, 7) is 0. The zero-order chi connectivity index (χ0) is 14.8. The lowest BCUT2D eigenvalue weighted by Crippen LogP contribution is -2.21. The molecular formula is C15H14N4OS. The maximum atomic E-state index is 11.8. The van der Waals surface area contributed by atoms with Crippen LogP contribution in [0.4, 0.5) is 11.5 Å². The molecule has 21 heavy (non-hydrogen) atoms. The molecule has 0 radical (unpaired) electrons. The second-order valence-electron chi connectivity index (χ2n) is 4.76. The largest absolute Gasteiger partial charge is 0.345 e. The summed E-state index contributed by atoms with van der Waals surface area (Å²) in [6.07, 6.45) is 1.55. The second-order valence-corrected chi connectivity index (χ2v) is 5.66. The van der Waals surface area contributed by atoms with E-state index in [9.17, 15) is 4.79 Å². The Morgan fingerprint density at radius 2 is 1.90 bits per heavy atom. The summed E-state index contributed by atoms with van der Waals surface area (Å²) >= 11 is 1.58. The number of hydrogen-bond donors (Lipinski definition) is 1. The van der Waals surface area contributed by atoms with E-state index < -0.39 is 0 Å². The molecule has 0 atom stereocenters. The number of fused-ring (bicyclic) bond motifs is 1. The van der Waals surface area contributed by atoms with E-state index in [-0.39, 0.29) is 5.91 Å². The van der Waals surface area contributed by atoms with Crippen LogP contribution in [0.2, 0.25) is 0 Å². The third kappa shape index (κ3) is 2.71. The van der Waals surface area contributed by atoms with Crippen molar-refractivity contribution in [2.75, 3.05) is 19.4 Å². The molecule has 3 rings (SSSR count). The van der Waals surface area contributed by atoms with Gasteiger partial charge in [-0.2, -0.15) is 0 Å². The first kappa shape index (κ1) is 13.5. The van der Waals surface area contributed by atoms with Gasteiger partial charge in [-0.1, -0.05) is 0 Å². The number of nitrogens with one attached hydrogen (secondary N) is 1. The fraction of sp³-hybridized carbons (Fsp3) is 0.133. The van der Waals surface area contributed by atoms with Gasteiger partial charge in [-0.05, 0) is 35.7 Å². The molecule has 0 aliphatic rings. The minimum Gasteiger partial charge on any atom is -0.345 e. The van der Waals surface area contributed by atoms with E-state index >= 15 is 0 Å². The summed E-state index contributed by atoms with van der Waals surface area (Å²) in [6, 6.07) is 9.34. The Morgan fingerprint density at radius 1 is 1.14 bits per heavy atom. The highest BCUT2D eigenvalue weighted by atomic mass is 32.1. The number of anilines is 2. The van der Waals surface area contributed by atoms with E-state index in [0.717, 1.165) is 21.7 Å². The van der Waals surface area contributed by atoms with Gasteiger partial charge in [-0.15, -0.1) is 11.3 Å². The Kier molecular flexibility index (Phi) is 3.53. The normalized spacial score (nSPS) is 10.6. The summed E-state index contributed by atoms with van der Waals surface area (Å²) in [4.78, 5) is 22.8. The van der Waals surface area contributed by atoms with Crippen molar-refractivity contribution in [2.24, 2.45) is 0 Å². The molecule has 2 heterocycles. The molecule has 1 N–H and O–H groups in total. The van der Waals surface area contributed by atoms with Crippen LogP contribution in [-0.4, -0.2) is 34.9 Å². The number of carbonyl (C=O) groups excluding carboxylic acids is 1. The molecule has 0 spiro atoms. The van der Waals surface area contributed by atoms with E-state index in [1.54, 1.807) is 48.8 Å². The molecule has 0 unspecified atom stereocenters. The lowest BCUT2D eigenvalue weighted by Gasteiger charge is -2.11. The molecule has 0 aliphatic heterocycles. The Hall–Kier alpha value is -2.47. The predicted octanol–water partition coefficient (Wildman–Crippen LogP) is 3.14. The first-order chi connectivity index (χ1) is 10.1. The SMILES string of the molecule is CN(C)C(=O)c1ccc(Nc2ncnc3sccc23)cc1. The molecule has 1 aromatic carbocycles. The highest BCUT2D eigenvalue weighted by Crippen LogP contribution is 2.26. The Morgan fingerprint density at radius 3 is 2.62 bits per heavy atom. The van der Waals surface area contributed by atoms with Gasteiger partial charge in [0.15, 0.2) is 0 Å². The topological polar surface area (TPSA) is 58.1 Å². The van der Waals surface area contributed by atoms with Crippen molar-refractivity contribution in [1.29, 1.82) is 0 Å². The van der Waals surface area contributed by atoms with Gasteiger partial charge in [0.05, 0.1) is 5.39 Å². The summed E-state index contributed by atoms with van der Waals surface area (Å²) in [5.41, 5.74) is 1.55. The molecule has 0 fully saturated rings. The molecule has 106 valence electrons. The number of carbonyl (C=O) groups is 1. The van der Waals surface area contributed by atoms with Gasteiger partial charge >= 0.3 is 0 Å². The van der Waals surface area contributed by atoms with Crippen LogP contribution >= 0.6 is 11.3 Å². The van der Waals surface area contributed by atoms with Crippen LogP contribution in [0.25, 0.3) is 10.2 Å². The number of aromatic nitrogens is 2. The van der Waals surface area contributed by atoms with Gasteiger partial charge in [0.2, 0.25) is 0 Å². The molecule has 2 aromatic heterocycles. The first-order valence-corrected chi connectivity index (χ1v) is 7.30. The number of hydrogen-bond acceptors (Lipinski definition) is 5. The Balaban J connectivity index is 1.85. The van der Waals surface area contributed by atoms with Crippen molar-refractivity contribution in [1.82, 2.24) is 14.9 Å². The summed E-state index contributed by atoms with van der Waals surface area (Å²) in [7, 11) is 3.48. The van der Waals surface area contributed by atoms with E-state index in [0.29, 0.717) is 5.56 Å². The van der Waals surface area contributed by atoms with Crippen molar-refractivity contribution < 1.29 is 4.79 Å². The molecule has 0 saturated carbocycles. The van der Waals surface area contributed by atoms with Crippen LogP contribution in [0.1, 0.15) is 10.4 Å². The lowest BCUT2D eigenvalue weighted by molar-refractivity contribution is 0.0827. The van der Waals surface area contributed by atoms with Gasteiger partial charge < -0.3 is 10.2 Å². The van der Waals surface area contributed by atoms with E-state index in [1.807, 2.05) is 23.6 Å². The van der Waals surface area contributed by atoms with Crippen molar-refractivity contribution in [3.8, 4) is 0 Å². The van der Waals surface area contributed by atoms with Gasteiger partial charge in [-0.25, -0.2) is 9.97 Å². The van der Waals surface area contributed by atoms with Crippen molar-refractivity contribution >= 4 is 39.0 Å². The fourth-order valence-electron chi connectivity index (χ4n) is 1.98. The maximum Gasteiger partial charge on any atom is 0.253 e. The van der Waals surface area contributed by atoms with Gasteiger partial charge in [-0.3, -0.25) is 4.79 Å². The number of benzene rings is 1. The van der Waals surface area contributed by atoms with Crippen LogP contribution in [0.15, 0.2) is 42.0 Å². The number of nitrogens with zero attached hydrogens (tertiary/aromatic N) is 3. The van der Waals surface area contributed by atoms with Gasteiger partial charge in [0, 0.05) is 25.3 Å². The monoisotopic (exact) mass is 298 g/mol. The first-order valence-electron chi connectivity index (χ1n) is 6.42. The number of amides is 1. The molecule has 1 amide bonds. The average molecular weight is 298 g/mol. The Bertz CT molecular complexity index is 780. The van der Waals surface area contributed by atoms with Gasteiger partial charge in [0.25, 0.3) is 5.91 Å². The van der Waals surface area contributed by atoms with E-state index in [1.165, 1.54) is 0 Å². The van der Waals surface area contributed by atoms with Crippen molar-refractivity contribution in [3.05, 3.63) is 47.6 Å². The third-order valence-corrected chi connectivity index (χ3v) is 3.88. The molecule has 3 aromatic rings. The number of thiophene rings is 1. The zero-order valence-corrected chi connectivity index (χ0v) is 12.5. The average Bonchev–Trinajstić information content (AvgIpc) is 2.97. The van der Waals surface area contributed by atoms with Crippen LogP contribution in [-0.2, 0) is 0 Å². The quantitative estimate of drug-likeness (QED) is 0.807. The van der Waals surface area contributed by atoms with Gasteiger partial charge in [0.1, 0.15) is 17.0 Å². The third-order valence-electron chi connectivity index (χ3n) is 3.06. The van der Waals surface area contributed by atoms with E-state index in [2.05, 4.69) is 15.3 Å². The Labute approximate surface area is 126 Å². The molecule has 0 bridgehead atoms. The molecular weight excluding hydrogens is 284 g/mol. The predicted molar refractivity (Wildman–Crippen MR) is 85.2 cm³/mol. The smallest absolute Gasteiger partial charge is 0.253 e. The van der Waals surface area contributed by atoms with E-state index in [4.69, 9.17) is 0 Å². The number of rotatable bonds is 3. The standard InChI is InChI=1S/C15H14N4OS/c1-19(2)15(20)10-3-5-11(6-4-10)18-13-12-7-8-21-14(12)17-9-16-13/h3-9H,1-2H3,(H,16,17,18). The van der Waals surface area contributed by atoms with Crippen molar-refractivity contribution in [2.45, 2.75) is 0 Å². The highest BCUT2D eigenvalue weighted by molar-refractivity contribution is 7.16. The van der Waals surface area contributed by atoms with Crippen LogP contribution < -0.4 is 5.32 Å². The minimum atomic E-state index is -0.0104. The lowest BCUT2D eigenvalue weighted by atomic mass is 10.2. The maximum absolute atomic E-state index is 11.8. The zero-order valence-electron chi connectivity index (χ0n) is 11.7. The summed E-state index contributed by atoms with van der Waals surface area (Å²) in [5.74, 6) is 0.761. The summed E-state index contributed by atoms with van der Waals surface area (Å²) < 4.78 is 0. The van der Waals surface area contributed by atoms with Crippen LogP contribution in [0, 0.1) is 0 Å².